The van der Waals surface area contributed by atoms with E-state index in [4.69, 9.17) is 28.4 Å². The predicted molar refractivity (Wildman–Crippen MR) is 187 cm³/mol. The SMILES string of the molecule is CC[C@H]1OC(=O)[C@H](C)[C@@H](O[C@H]2C[C@@](C)(OC)[C@@H](O)[C@H](C)O2)[C@@H](C)[C@@H](O[C@@H]2O[C@H](C)C[C@H](N(C)C)[C@H]2O)[C@](C)(O)C[C@](C)(F)C(=O)[C@H](C)[C@H](O)[C@]1(C)O. The number of cyclic esters (lactones) is 1. The van der Waals surface area contributed by atoms with Crippen molar-refractivity contribution in [1.29, 1.82) is 0 Å². The van der Waals surface area contributed by atoms with Gasteiger partial charge < -0.3 is 58.9 Å². The van der Waals surface area contributed by atoms with Crippen molar-refractivity contribution >= 4 is 11.8 Å². The van der Waals surface area contributed by atoms with Gasteiger partial charge in [0.15, 0.2) is 24.0 Å². The van der Waals surface area contributed by atoms with E-state index in [2.05, 4.69) is 0 Å². The quantitative estimate of drug-likeness (QED) is 0.237. The predicted octanol–water partition coefficient (Wildman–Crippen LogP) is 1.88. The Kier molecular flexibility index (Phi) is 14.5. The number of halogens is 1. The van der Waals surface area contributed by atoms with Crippen LogP contribution >= 0.6 is 0 Å². The summed E-state index contributed by atoms with van der Waals surface area (Å²) >= 11 is 0. The van der Waals surface area contributed by atoms with Crippen LogP contribution in [0.25, 0.3) is 0 Å². The number of Topliss-reactive ketones (excluding diaryl/α,β-unsaturated/α-hetero) is 1. The van der Waals surface area contributed by atoms with E-state index in [0.29, 0.717) is 6.42 Å². The van der Waals surface area contributed by atoms with Gasteiger partial charge in [0.1, 0.15) is 23.9 Å². The first kappa shape index (κ1) is 45.0. The van der Waals surface area contributed by atoms with Crippen LogP contribution in [0.3, 0.4) is 0 Å². The minimum atomic E-state index is -2.77. The Morgan fingerprint density at radius 2 is 1.52 bits per heavy atom. The molecular weight excluding hydrogens is 685 g/mol. The second-order valence-electron chi connectivity index (χ2n) is 16.7. The summed E-state index contributed by atoms with van der Waals surface area (Å²) in [5.74, 6) is -5.61. The molecule has 0 aromatic rings. The molecule has 0 bridgehead atoms. The molecule has 0 aromatic heterocycles. The lowest BCUT2D eigenvalue weighted by atomic mass is 9.73. The van der Waals surface area contributed by atoms with E-state index in [1.807, 2.05) is 11.8 Å². The second-order valence-corrected chi connectivity index (χ2v) is 16.7. The van der Waals surface area contributed by atoms with E-state index in [1.165, 1.54) is 34.8 Å². The van der Waals surface area contributed by atoms with E-state index < -0.39 is 120 Å². The molecule has 0 unspecified atom stereocenters. The molecule has 3 aliphatic heterocycles. The number of carbonyl (C=O) groups excluding carboxylic acids is 2. The Balaban J connectivity index is 2.22. The molecule has 5 N–H and O–H groups in total. The molecule has 0 aromatic carbocycles. The van der Waals surface area contributed by atoms with E-state index in [1.54, 1.807) is 41.8 Å². The van der Waals surface area contributed by atoms with Crippen LogP contribution in [0.1, 0.15) is 94.9 Å². The number of hydrogen-bond acceptors (Lipinski definition) is 14. The lowest BCUT2D eigenvalue weighted by molar-refractivity contribution is -0.318. The fraction of sp³-hybridized carbons (Fsp3) is 0.946. The van der Waals surface area contributed by atoms with Gasteiger partial charge in [-0.15, -0.1) is 0 Å². The van der Waals surface area contributed by atoms with Crippen molar-refractivity contribution in [3.05, 3.63) is 0 Å². The fourth-order valence-electron chi connectivity index (χ4n) is 8.45. The first-order valence-electron chi connectivity index (χ1n) is 18.5. The molecule has 3 heterocycles. The summed E-state index contributed by atoms with van der Waals surface area (Å²) in [6, 6.07) is -0.405. The molecule has 0 aliphatic carbocycles. The van der Waals surface area contributed by atoms with Crippen molar-refractivity contribution in [2.75, 3.05) is 21.2 Å². The van der Waals surface area contributed by atoms with Crippen LogP contribution in [0.5, 0.6) is 0 Å². The average molecular weight is 752 g/mol. The van der Waals surface area contributed by atoms with Crippen LogP contribution in [-0.2, 0) is 38.0 Å². The first-order chi connectivity index (χ1) is 23.7. The molecule has 0 saturated carbocycles. The zero-order valence-electron chi connectivity index (χ0n) is 33.2. The minimum absolute atomic E-state index is 0.0296. The van der Waals surface area contributed by atoms with Gasteiger partial charge in [0.2, 0.25) is 0 Å². The number of hydrogen-bond donors (Lipinski definition) is 5. The number of aliphatic hydroxyl groups is 5. The zero-order valence-corrected chi connectivity index (χ0v) is 33.2. The zero-order chi connectivity index (χ0) is 39.9. The van der Waals surface area contributed by atoms with Crippen molar-refractivity contribution < 1.29 is 67.9 Å². The van der Waals surface area contributed by atoms with Crippen molar-refractivity contribution in [2.24, 2.45) is 17.8 Å². The third kappa shape index (κ3) is 9.35. The molecule has 3 saturated heterocycles. The van der Waals surface area contributed by atoms with Crippen LogP contribution in [-0.4, -0.2) is 153 Å². The van der Waals surface area contributed by atoms with E-state index in [9.17, 15) is 35.1 Å². The van der Waals surface area contributed by atoms with Crippen molar-refractivity contribution in [3.8, 4) is 0 Å². The topological polar surface area (TPSA) is 194 Å². The van der Waals surface area contributed by atoms with Gasteiger partial charge in [-0.3, -0.25) is 9.59 Å². The minimum Gasteiger partial charge on any atom is -0.459 e. The standard InChI is InChI=1S/C37H66FNO13/c1-14-24-37(10,46)29(42)21(5)28(41)34(7,38)17-35(8,45)31(52-33-26(40)23(39(11)12)15-18(2)48-33)19(3)27(20(4)32(44)50-24)51-25-16-36(9,47-13)30(43)22(6)49-25/h18-27,29-31,33,40,42-43,45-46H,14-17H2,1-13H3/t18-,19-,20-,21+,22+,23+,24-,25+,26-,27+,29+,30+,31-,33+,34+,35-,36-,37-/m1/s1. The van der Waals surface area contributed by atoms with Crippen LogP contribution in [0.15, 0.2) is 0 Å². The van der Waals surface area contributed by atoms with Gasteiger partial charge in [-0.05, 0) is 75.4 Å². The molecule has 0 amide bonds. The first-order valence-corrected chi connectivity index (χ1v) is 18.5. The number of likely N-dealkylation sites (N-methyl/N-ethyl adjacent to an activating group) is 1. The molecule has 304 valence electrons. The molecule has 0 radical (unpaired) electrons. The van der Waals surface area contributed by atoms with Crippen molar-refractivity contribution in [3.63, 3.8) is 0 Å². The van der Waals surface area contributed by atoms with E-state index >= 15 is 4.39 Å². The van der Waals surface area contributed by atoms with E-state index in [0.717, 1.165) is 6.92 Å². The van der Waals surface area contributed by atoms with Crippen LogP contribution in [0, 0.1) is 17.8 Å². The Morgan fingerprint density at radius 1 is 0.923 bits per heavy atom. The highest BCUT2D eigenvalue weighted by Gasteiger charge is 2.56. The summed E-state index contributed by atoms with van der Waals surface area (Å²) in [6.45, 7) is 14.7. The van der Waals surface area contributed by atoms with Gasteiger partial charge in [0, 0.05) is 37.8 Å². The molecular formula is C37H66FNO13. The third-order valence-corrected chi connectivity index (χ3v) is 11.8. The summed E-state index contributed by atoms with van der Waals surface area (Å²) in [6.07, 6.45) is -11.9. The number of nitrogens with zero attached hydrogens (tertiary/aromatic N) is 1. The number of esters is 1. The highest BCUT2D eigenvalue weighted by Crippen LogP contribution is 2.42. The molecule has 3 fully saturated rings. The van der Waals surface area contributed by atoms with Crippen molar-refractivity contribution in [1.82, 2.24) is 4.90 Å². The summed E-state index contributed by atoms with van der Waals surface area (Å²) in [4.78, 5) is 29.6. The molecule has 15 heteroatoms. The lowest BCUT2D eigenvalue weighted by Crippen LogP contribution is -2.62. The number of ether oxygens (including phenoxy) is 6. The highest BCUT2D eigenvalue weighted by atomic mass is 19.1. The number of methoxy groups -OCH3 is 1. The van der Waals surface area contributed by atoms with Gasteiger partial charge in [-0.25, -0.2) is 4.39 Å². The van der Waals surface area contributed by atoms with Crippen LogP contribution in [0.4, 0.5) is 4.39 Å². The maximum atomic E-state index is 16.8. The Hall–Kier alpha value is -1.37. The number of ketones is 1. The largest absolute Gasteiger partial charge is 0.459 e. The lowest BCUT2D eigenvalue weighted by Gasteiger charge is -2.49. The third-order valence-electron chi connectivity index (χ3n) is 11.8. The number of aliphatic hydroxyl groups excluding tert-OH is 3. The van der Waals surface area contributed by atoms with Crippen molar-refractivity contribution in [2.45, 2.75) is 185 Å². The van der Waals surface area contributed by atoms with Gasteiger partial charge in [-0.2, -0.15) is 0 Å². The normalized spacial score (nSPS) is 50.5. The maximum Gasteiger partial charge on any atom is 0.311 e. The number of alkyl halides is 1. The van der Waals surface area contributed by atoms with Gasteiger partial charge in [0.05, 0.1) is 47.6 Å². The summed E-state index contributed by atoms with van der Waals surface area (Å²) in [5, 5.41) is 57.4. The Morgan fingerprint density at radius 3 is 2.06 bits per heavy atom. The van der Waals surface area contributed by atoms with Gasteiger partial charge in [0.25, 0.3) is 0 Å². The molecule has 3 aliphatic rings. The fourth-order valence-corrected chi connectivity index (χ4v) is 8.45. The highest BCUT2D eigenvalue weighted by molar-refractivity contribution is 5.89. The summed E-state index contributed by atoms with van der Waals surface area (Å²) in [7, 11) is 5.04. The molecule has 14 nitrogen and oxygen atoms in total. The summed E-state index contributed by atoms with van der Waals surface area (Å²) < 4.78 is 53.4. The Bertz CT molecular complexity index is 1220. The molecule has 0 spiro atoms. The summed E-state index contributed by atoms with van der Waals surface area (Å²) in [5.41, 5.74) is -8.26. The van der Waals surface area contributed by atoms with E-state index in [-0.39, 0.29) is 18.9 Å². The maximum absolute atomic E-state index is 16.8. The Labute approximate surface area is 308 Å². The van der Waals surface area contributed by atoms with Crippen LogP contribution in [0.2, 0.25) is 0 Å². The number of carbonyl (C=O) groups is 2. The van der Waals surface area contributed by atoms with Gasteiger partial charge >= 0.3 is 5.97 Å². The monoisotopic (exact) mass is 751 g/mol. The molecule has 3 rings (SSSR count). The second kappa shape index (κ2) is 16.8. The number of rotatable bonds is 7. The van der Waals surface area contributed by atoms with Crippen LogP contribution < -0.4 is 0 Å². The average Bonchev–Trinajstić information content (AvgIpc) is 3.05. The smallest absolute Gasteiger partial charge is 0.311 e. The molecule has 18 atom stereocenters. The van der Waals surface area contributed by atoms with Gasteiger partial charge in [-0.1, -0.05) is 20.8 Å². The molecule has 52 heavy (non-hydrogen) atoms.